The van der Waals surface area contributed by atoms with Crippen molar-refractivity contribution >= 4 is 17.8 Å². The summed E-state index contributed by atoms with van der Waals surface area (Å²) in [7, 11) is 0. The normalized spacial score (nSPS) is 12.2. The predicted molar refractivity (Wildman–Crippen MR) is 91.6 cm³/mol. The fourth-order valence-electron chi connectivity index (χ4n) is 2.24. The topological polar surface area (TPSA) is 112 Å². The third-order valence-corrected chi connectivity index (χ3v) is 3.47. The largest absolute Gasteiger partial charge is 0.477 e. The van der Waals surface area contributed by atoms with E-state index in [0.29, 0.717) is 17.1 Å². The van der Waals surface area contributed by atoms with Crippen LogP contribution < -0.4 is 19.6 Å². The van der Waals surface area contributed by atoms with Crippen molar-refractivity contribution in [2.75, 3.05) is 13.4 Å². The number of hydrogen-bond donors (Lipinski definition) is 1. The van der Waals surface area contributed by atoms with E-state index in [0.717, 1.165) is 5.56 Å². The maximum Gasteiger partial charge on any atom is 0.311 e. The van der Waals surface area contributed by atoms with Gasteiger partial charge in [-0.1, -0.05) is 6.07 Å². The maximum absolute atomic E-state index is 11.8. The summed E-state index contributed by atoms with van der Waals surface area (Å²) in [6.45, 7) is 1.51. The molecule has 2 aromatic carbocycles. The number of nitro benzene ring substituents is 1. The SMILES string of the molecule is Cc1ccc(OCC(=O)N/N=C/c2ccc3c(c2)OCO3)c([N+](=O)[O-])c1. The van der Waals surface area contributed by atoms with Crippen LogP contribution in [0.4, 0.5) is 5.69 Å². The second-order valence-corrected chi connectivity index (χ2v) is 5.42. The van der Waals surface area contributed by atoms with E-state index in [1.165, 1.54) is 18.3 Å². The number of carbonyl (C=O) groups is 1. The van der Waals surface area contributed by atoms with Crippen LogP contribution >= 0.6 is 0 Å². The zero-order valence-electron chi connectivity index (χ0n) is 13.8. The van der Waals surface area contributed by atoms with Crippen LogP contribution in [0.5, 0.6) is 17.2 Å². The van der Waals surface area contributed by atoms with Gasteiger partial charge in [-0.25, -0.2) is 5.43 Å². The summed E-state index contributed by atoms with van der Waals surface area (Å²) in [6.07, 6.45) is 1.44. The van der Waals surface area contributed by atoms with Crippen molar-refractivity contribution < 1.29 is 23.9 Å². The first-order valence-corrected chi connectivity index (χ1v) is 7.62. The standard InChI is InChI=1S/C17H15N3O6/c1-11-2-4-14(13(6-11)20(22)23)24-9-17(21)19-18-8-12-3-5-15-16(7-12)26-10-25-15/h2-8H,9-10H2,1H3,(H,19,21)/b18-8+. The number of nitro groups is 1. The van der Waals surface area contributed by atoms with E-state index in [1.54, 1.807) is 31.2 Å². The number of fused-ring (bicyclic) bond motifs is 1. The molecule has 0 aliphatic carbocycles. The Hall–Kier alpha value is -3.62. The fourth-order valence-corrected chi connectivity index (χ4v) is 2.24. The first kappa shape index (κ1) is 17.2. The lowest BCUT2D eigenvalue weighted by atomic mass is 10.2. The van der Waals surface area contributed by atoms with E-state index in [4.69, 9.17) is 14.2 Å². The van der Waals surface area contributed by atoms with Gasteiger partial charge in [0.05, 0.1) is 11.1 Å². The summed E-state index contributed by atoms with van der Waals surface area (Å²) in [6, 6.07) is 9.73. The second-order valence-electron chi connectivity index (χ2n) is 5.42. The van der Waals surface area contributed by atoms with Crippen molar-refractivity contribution in [2.45, 2.75) is 6.92 Å². The van der Waals surface area contributed by atoms with Gasteiger partial charge in [-0.3, -0.25) is 14.9 Å². The van der Waals surface area contributed by atoms with Gasteiger partial charge in [0.2, 0.25) is 6.79 Å². The number of nitrogens with zero attached hydrogens (tertiary/aromatic N) is 2. The van der Waals surface area contributed by atoms with Crippen molar-refractivity contribution in [1.82, 2.24) is 5.43 Å². The number of carbonyl (C=O) groups excluding carboxylic acids is 1. The fraction of sp³-hybridized carbons (Fsp3) is 0.176. The molecule has 0 atom stereocenters. The first-order chi connectivity index (χ1) is 12.5. The molecule has 0 bridgehead atoms. The molecule has 1 heterocycles. The molecule has 1 N–H and O–H groups in total. The highest BCUT2D eigenvalue weighted by Crippen LogP contribution is 2.32. The molecule has 0 saturated carbocycles. The molecule has 9 heteroatoms. The molecule has 0 fully saturated rings. The van der Waals surface area contributed by atoms with Crippen molar-refractivity contribution in [3.8, 4) is 17.2 Å². The minimum absolute atomic E-state index is 0.0236. The van der Waals surface area contributed by atoms with Crippen LogP contribution in [0.15, 0.2) is 41.5 Å². The Morgan fingerprint density at radius 1 is 1.31 bits per heavy atom. The molecule has 26 heavy (non-hydrogen) atoms. The molecule has 0 spiro atoms. The van der Waals surface area contributed by atoms with E-state index < -0.39 is 17.4 Å². The third kappa shape index (κ3) is 4.07. The lowest BCUT2D eigenvalue weighted by molar-refractivity contribution is -0.385. The molecule has 2 aromatic rings. The van der Waals surface area contributed by atoms with Crippen molar-refractivity contribution in [3.63, 3.8) is 0 Å². The second kappa shape index (κ2) is 7.51. The molecule has 0 radical (unpaired) electrons. The monoisotopic (exact) mass is 357 g/mol. The Bertz CT molecular complexity index is 881. The van der Waals surface area contributed by atoms with Gasteiger partial charge in [-0.2, -0.15) is 5.10 Å². The Morgan fingerprint density at radius 3 is 2.92 bits per heavy atom. The molecule has 1 aliphatic heterocycles. The third-order valence-electron chi connectivity index (χ3n) is 3.47. The molecule has 0 aromatic heterocycles. The van der Waals surface area contributed by atoms with Gasteiger partial charge in [-0.15, -0.1) is 0 Å². The van der Waals surface area contributed by atoms with Gasteiger partial charge in [0.25, 0.3) is 5.91 Å². The van der Waals surface area contributed by atoms with Crippen LogP contribution in [-0.4, -0.2) is 30.4 Å². The van der Waals surface area contributed by atoms with Crippen LogP contribution in [0, 0.1) is 17.0 Å². The molecule has 0 saturated heterocycles. The minimum Gasteiger partial charge on any atom is -0.477 e. The average Bonchev–Trinajstić information content (AvgIpc) is 3.08. The minimum atomic E-state index is -0.558. The van der Waals surface area contributed by atoms with E-state index in [2.05, 4.69) is 10.5 Å². The van der Waals surface area contributed by atoms with Gasteiger partial charge in [0.15, 0.2) is 23.9 Å². The van der Waals surface area contributed by atoms with Crippen molar-refractivity contribution in [1.29, 1.82) is 0 Å². The highest BCUT2D eigenvalue weighted by molar-refractivity contribution is 5.83. The molecule has 134 valence electrons. The Kier molecular flexibility index (Phi) is 4.97. The highest BCUT2D eigenvalue weighted by Gasteiger charge is 2.16. The molecular formula is C17H15N3O6. The summed E-state index contributed by atoms with van der Waals surface area (Å²) < 4.78 is 15.7. The number of rotatable bonds is 6. The number of nitrogens with one attached hydrogen (secondary N) is 1. The molecule has 9 nitrogen and oxygen atoms in total. The molecule has 1 aliphatic rings. The maximum atomic E-state index is 11.8. The number of aryl methyl sites for hydroxylation is 1. The van der Waals surface area contributed by atoms with Crippen LogP contribution in [0.25, 0.3) is 0 Å². The zero-order chi connectivity index (χ0) is 18.5. The number of hydrogen-bond acceptors (Lipinski definition) is 7. The van der Waals surface area contributed by atoms with Gasteiger partial charge in [-0.05, 0) is 42.3 Å². The number of ether oxygens (including phenoxy) is 3. The molecule has 1 amide bonds. The van der Waals surface area contributed by atoms with E-state index in [-0.39, 0.29) is 18.2 Å². The van der Waals surface area contributed by atoms with E-state index >= 15 is 0 Å². The van der Waals surface area contributed by atoms with Crippen molar-refractivity contribution in [2.24, 2.45) is 5.10 Å². The Balaban J connectivity index is 1.54. The first-order valence-electron chi connectivity index (χ1n) is 7.62. The van der Waals surface area contributed by atoms with E-state index in [1.807, 2.05) is 0 Å². The highest BCUT2D eigenvalue weighted by atomic mass is 16.7. The quantitative estimate of drug-likeness (QED) is 0.482. The molecule has 0 unspecified atom stereocenters. The van der Waals surface area contributed by atoms with Crippen LogP contribution in [0.2, 0.25) is 0 Å². The van der Waals surface area contributed by atoms with Crippen molar-refractivity contribution in [3.05, 3.63) is 57.6 Å². The van der Waals surface area contributed by atoms with Crippen LogP contribution in [0.3, 0.4) is 0 Å². The van der Waals surface area contributed by atoms with Crippen LogP contribution in [-0.2, 0) is 4.79 Å². The zero-order valence-corrected chi connectivity index (χ0v) is 13.8. The summed E-state index contributed by atoms with van der Waals surface area (Å²) in [5, 5.41) is 14.8. The summed E-state index contributed by atoms with van der Waals surface area (Å²) in [4.78, 5) is 22.2. The smallest absolute Gasteiger partial charge is 0.311 e. The predicted octanol–water partition coefficient (Wildman–Crippen LogP) is 2.16. The van der Waals surface area contributed by atoms with E-state index in [9.17, 15) is 14.9 Å². The van der Waals surface area contributed by atoms with Gasteiger partial charge in [0.1, 0.15) is 0 Å². The summed E-state index contributed by atoms with van der Waals surface area (Å²) in [5.41, 5.74) is 3.54. The Morgan fingerprint density at radius 2 is 2.12 bits per heavy atom. The van der Waals surface area contributed by atoms with Gasteiger partial charge < -0.3 is 14.2 Å². The number of benzene rings is 2. The number of amides is 1. The van der Waals surface area contributed by atoms with Gasteiger partial charge in [0, 0.05) is 6.07 Å². The van der Waals surface area contributed by atoms with Crippen LogP contribution in [0.1, 0.15) is 11.1 Å². The summed E-state index contributed by atoms with van der Waals surface area (Å²) >= 11 is 0. The van der Waals surface area contributed by atoms with Gasteiger partial charge >= 0.3 is 5.69 Å². The Labute approximate surface area is 148 Å². The lowest BCUT2D eigenvalue weighted by Crippen LogP contribution is -2.24. The summed E-state index contributed by atoms with van der Waals surface area (Å²) in [5.74, 6) is 0.738. The molecular weight excluding hydrogens is 342 g/mol. The average molecular weight is 357 g/mol. The molecule has 3 rings (SSSR count). The number of hydrazone groups is 1. The lowest BCUT2D eigenvalue weighted by Gasteiger charge is -2.06.